The van der Waals surface area contributed by atoms with Crippen LogP contribution < -0.4 is 16.0 Å². The number of amides is 4. The van der Waals surface area contributed by atoms with Crippen LogP contribution in [0, 0.1) is 29.1 Å². The van der Waals surface area contributed by atoms with Crippen LogP contribution in [0.2, 0.25) is 0 Å². The Morgan fingerprint density at radius 1 is 1.02 bits per heavy atom. The molecule has 42 heavy (non-hydrogen) atoms. The van der Waals surface area contributed by atoms with Crippen molar-refractivity contribution in [2.24, 2.45) is 29.1 Å². The average Bonchev–Trinajstić information content (AvgIpc) is 3.30. The minimum Gasteiger partial charge on any atom is -0.446 e. The summed E-state index contributed by atoms with van der Waals surface area (Å²) in [5.74, 6) is -1.82. The van der Waals surface area contributed by atoms with Gasteiger partial charge in [-0.15, -0.1) is 6.58 Å². The van der Waals surface area contributed by atoms with Crippen molar-refractivity contribution in [1.29, 1.82) is 0 Å². The van der Waals surface area contributed by atoms with Gasteiger partial charge in [-0.1, -0.05) is 59.5 Å². The highest BCUT2D eigenvalue weighted by atomic mass is 16.6. The number of Topliss-reactive ketones (excluding diaryl/α,β-unsaturated/α-hetero) is 1. The molecule has 3 aliphatic carbocycles. The van der Waals surface area contributed by atoms with Gasteiger partial charge in [0.15, 0.2) is 0 Å². The highest BCUT2D eigenvalue weighted by molar-refractivity contribution is 6.38. The van der Waals surface area contributed by atoms with Crippen LogP contribution in [0.5, 0.6) is 0 Å². The standard InChI is InChI=1S/C32H50N4O6/c1-6-12-22(27(37)29(39)33-17-7-2)34-28(38)26-24-21(32(24,4)5)18-36(26)30(40)25(20-14-9-8-10-15-20)35-31(41)42-23-16-11-13-19(23)3/h7,19-26H,2,6,8-18H2,1,3-5H3,(H,33,39)(H,34,38)(H,35,41)/t19-,21?,22?,23?,24?,25?,26?/m0/s1. The number of fused-ring (bicyclic) bond motifs is 1. The maximum Gasteiger partial charge on any atom is 0.408 e. The molecule has 0 bridgehead atoms. The molecular weight excluding hydrogens is 536 g/mol. The number of alkyl carbamates (subject to hydrolysis) is 1. The van der Waals surface area contributed by atoms with Crippen molar-refractivity contribution in [2.45, 2.75) is 116 Å². The second kappa shape index (κ2) is 13.6. The highest BCUT2D eigenvalue weighted by Crippen LogP contribution is 2.65. The van der Waals surface area contributed by atoms with Crippen LogP contribution in [-0.2, 0) is 23.9 Å². The zero-order chi connectivity index (χ0) is 30.6. The van der Waals surface area contributed by atoms with Crippen molar-refractivity contribution in [2.75, 3.05) is 13.1 Å². The predicted octanol–water partition coefficient (Wildman–Crippen LogP) is 3.49. The van der Waals surface area contributed by atoms with Gasteiger partial charge in [0.1, 0.15) is 18.2 Å². The maximum atomic E-state index is 14.3. The van der Waals surface area contributed by atoms with E-state index in [1.807, 2.05) is 6.92 Å². The van der Waals surface area contributed by atoms with Gasteiger partial charge < -0.3 is 25.6 Å². The van der Waals surface area contributed by atoms with Crippen LogP contribution in [-0.4, -0.2) is 71.8 Å². The van der Waals surface area contributed by atoms with Crippen LogP contribution in [0.25, 0.3) is 0 Å². The van der Waals surface area contributed by atoms with Crippen LogP contribution >= 0.6 is 0 Å². The first-order valence-electron chi connectivity index (χ1n) is 16.0. The number of rotatable bonds is 12. The molecule has 1 saturated heterocycles. The zero-order valence-corrected chi connectivity index (χ0v) is 25.8. The number of ether oxygens (including phenoxy) is 1. The van der Waals surface area contributed by atoms with Crippen LogP contribution in [0.3, 0.4) is 0 Å². The van der Waals surface area contributed by atoms with Crippen LogP contribution in [0.1, 0.15) is 91.9 Å². The third kappa shape index (κ3) is 6.83. The Balaban J connectivity index is 1.52. The number of likely N-dealkylation sites (tertiary alicyclic amines) is 1. The second-order valence-electron chi connectivity index (χ2n) is 13.5. The largest absolute Gasteiger partial charge is 0.446 e. The van der Waals surface area contributed by atoms with Crippen LogP contribution in [0.4, 0.5) is 4.79 Å². The Labute approximate surface area is 250 Å². The van der Waals surface area contributed by atoms with E-state index in [2.05, 4.69) is 43.3 Å². The van der Waals surface area contributed by atoms with Gasteiger partial charge in [-0.3, -0.25) is 19.2 Å². The number of carbonyl (C=O) groups excluding carboxylic acids is 5. The van der Waals surface area contributed by atoms with Gasteiger partial charge in [-0.05, 0) is 67.6 Å². The quantitative estimate of drug-likeness (QED) is 0.237. The number of carbonyl (C=O) groups is 5. The van der Waals surface area contributed by atoms with E-state index in [-0.39, 0.29) is 41.7 Å². The summed E-state index contributed by atoms with van der Waals surface area (Å²) in [5.41, 5.74) is -0.129. The molecule has 7 atom stereocenters. The zero-order valence-electron chi connectivity index (χ0n) is 25.8. The highest BCUT2D eigenvalue weighted by Gasteiger charge is 2.69. The van der Waals surface area contributed by atoms with E-state index in [0.29, 0.717) is 25.3 Å². The van der Waals surface area contributed by atoms with Gasteiger partial charge in [-0.2, -0.15) is 0 Å². The monoisotopic (exact) mass is 586 g/mol. The van der Waals surface area contributed by atoms with E-state index in [4.69, 9.17) is 4.74 Å². The van der Waals surface area contributed by atoms with Crippen molar-refractivity contribution in [1.82, 2.24) is 20.9 Å². The minimum absolute atomic E-state index is 0.0311. The molecule has 4 fully saturated rings. The first-order valence-corrected chi connectivity index (χ1v) is 16.0. The first kappa shape index (κ1) is 32.0. The number of ketones is 1. The van der Waals surface area contributed by atoms with Crippen molar-refractivity contribution in [3.8, 4) is 0 Å². The summed E-state index contributed by atoms with van der Waals surface area (Å²) in [6, 6.07) is -2.54. The summed E-state index contributed by atoms with van der Waals surface area (Å²) in [4.78, 5) is 68.2. The molecule has 1 heterocycles. The van der Waals surface area contributed by atoms with Crippen molar-refractivity contribution in [3.63, 3.8) is 0 Å². The van der Waals surface area contributed by atoms with E-state index in [1.165, 1.54) is 6.08 Å². The summed E-state index contributed by atoms with van der Waals surface area (Å²) in [7, 11) is 0. The average molecular weight is 587 g/mol. The van der Waals surface area contributed by atoms with Gasteiger partial charge in [0.05, 0.1) is 6.04 Å². The molecule has 4 amide bonds. The summed E-state index contributed by atoms with van der Waals surface area (Å²) in [5, 5.41) is 8.26. The summed E-state index contributed by atoms with van der Waals surface area (Å²) >= 11 is 0. The molecule has 3 N–H and O–H groups in total. The molecular formula is C32H50N4O6. The fraction of sp³-hybridized carbons (Fsp3) is 0.781. The summed E-state index contributed by atoms with van der Waals surface area (Å²) < 4.78 is 5.77. The molecule has 0 aromatic heterocycles. The lowest BCUT2D eigenvalue weighted by Crippen LogP contribution is -2.59. The fourth-order valence-corrected chi connectivity index (χ4v) is 7.65. The molecule has 4 aliphatic rings. The maximum absolute atomic E-state index is 14.3. The molecule has 6 unspecified atom stereocenters. The van der Waals surface area contributed by atoms with E-state index in [9.17, 15) is 24.0 Å². The molecule has 4 rings (SSSR count). The third-order valence-corrected chi connectivity index (χ3v) is 10.3. The molecule has 3 saturated carbocycles. The summed E-state index contributed by atoms with van der Waals surface area (Å²) in [6.45, 7) is 12.3. The van der Waals surface area contributed by atoms with Crippen molar-refractivity contribution in [3.05, 3.63) is 12.7 Å². The third-order valence-electron chi connectivity index (χ3n) is 10.3. The normalized spacial score (nSPS) is 29.5. The predicted molar refractivity (Wildman–Crippen MR) is 158 cm³/mol. The molecule has 1 aliphatic heterocycles. The Morgan fingerprint density at radius 2 is 1.74 bits per heavy atom. The molecule has 10 heteroatoms. The van der Waals surface area contributed by atoms with Gasteiger partial charge in [0, 0.05) is 13.1 Å². The van der Waals surface area contributed by atoms with E-state index < -0.39 is 41.8 Å². The lowest BCUT2D eigenvalue weighted by molar-refractivity contribution is -0.145. The smallest absolute Gasteiger partial charge is 0.408 e. The summed E-state index contributed by atoms with van der Waals surface area (Å²) in [6.07, 6.45) is 9.25. The Morgan fingerprint density at radius 3 is 2.36 bits per heavy atom. The Hall–Kier alpha value is -2.91. The molecule has 0 spiro atoms. The SMILES string of the molecule is C=CCNC(=O)C(=O)C(CCC)NC(=O)C1C2C(CN1C(=O)C(NC(=O)OC1CCC[C@@H]1C)C1CCCCC1)C2(C)C. The van der Waals surface area contributed by atoms with E-state index in [1.54, 1.807) is 4.90 Å². The molecule has 0 aromatic carbocycles. The van der Waals surface area contributed by atoms with Gasteiger partial charge in [-0.25, -0.2) is 4.79 Å². The first-order chi connectivity index (χ1) is 20.0. The molecule has 0 aromatic rings. The van der Waals surface area contributed by atoms with Gasteiger partial charge >= 0.3 is 6.09 Å². The number of hydrogen-bond acceptors (Lipinski definition) is 6. The Bertz CT molecular complexity index is 1050. The number of hydrogen-bond donors (Lipinski definition) is 3. The van der Waals surface area contributed by atoms with Gasteiger partial charge in [0.25, 0.3) is 5.91 Å². The fourth-order valence-electron chi connectivity index (χ4n) is 7.65. The van der Waals surface area contributed by atoms with Gasteiger partial charge in [0.2, 0.25) is 17.6 Å². The van der Waals surface area contributed by atoms with Crippen LogP contribution in [0.15, 0.2) is 12.7 Å². The van der Waals surface area contributed by atoms with E-state index in [0.717, 1.165) is 51.4 Å². The minimum atomic E-state index is -0.985. The molecule has 234 valence electrons. The molecule has 10 nitrogen and oxygen atoms in total. The number of piperidine rings is 1. The van der Waals surface area contributed by atoms with Crippen molar-refractivity contribution < 1.29 is 28.7 Å². The molecule has 0 radical (unpaired) electrons. The number of nitrogens with one attached hydrogen (secondary N) is 3. The second-order valence-corrected chi connectivity index (χ2v) is 13.5. The van der Waals surface area contributed by atoms with E-state index >= 15 is 0 Å². The lowest BCUT2D eigenvalue weighted by atomic mass is 9.83. The lowest BCUT2D eigenvalue weighted by Gasteiger charge is -2.37. The topological polar surface area (TPSA) is 134 Å². The van der Waals surface area contributed by atoms with Crippen molar-refractivity contribution >= 4 is 29.6 Å². The number of nitrogens with zero attached hydrogens (tertiary/aromatic N) is 1. The Kier molecular flexibility index (Phi) is 10.4.